The van der Waals surface area contributed by atoms with Crippen LogP contribution in [0.1, 0.15) is 78.6 Å². The molecule has 0 heterocycles. The smallest absolute Gasteiger partial charge is 0.303 e. The molecule has 0 bridgehead atoms. The molecule has 0 aromatic carbocycles. The van der Waals surface area contributed by atoms with Gasteiger partial charge in [-0.1, -0.05) is 32.4 Å². The summed E-state index contributed by atoms with van der Waals surface area (Å²) >= 11 is 0. The van der Waals surface area contributed by atoms with Crippen LogP contribution in [0.5, 0.6) is 0 Å². The van der Waals surface area contributed by atoms with Gasteiger partial charge in [-0.25, -0.2) is 0 Å². The third-order valence-corrected chi connectivity index (χ3v) is 9.68. The molecule has 3 fully saturated rings. The lowest BCUT2D eigenvalue weighted by molar-refractivity contribution is -0.137. The third kappa shape index (κ3) is 3.06. The summed E-state index contributed by atoms with van der Waals surface area (Å²) in [5.41, 5.74) is 1.66. The molecule has 4 rings (SSSR count). The van der Waals surface area contributed by atoms with Gasteiger partial charge in [0.05, 0.1) is 12.2 Å². The summed E-state index contributed by atoms with van der Waals surface area (Å²) < 4.78 is 0. The Morgan fingerprint density at radius 2 is 1.89 bits per heavy atom. The first-order chi connectivity index (χ1) is 13.2. The van der Waals surface area contributed by atoms with Crippen molar-refractivity contribution in [2.45, 2.75) is 90.8 Å². The van der Waals surface area contributed by atoms with Crippen LogP contribution in [0.3, 0.4) is 0 Å². The molecule has 158 valence electrons. The average Bonchev–Trinajstić information content (AvgIpc) is 2.98. The molecule has 0 saturated heterocycles. The number of aliphatic carboxylic acids is 1. The van der Waals surface area contributed by atoms with Crippen LogP contribution in [0, 0.1) is 40.4 Å². The van der Waals surface area contributed by atoms with Gasteiger partial charge >= 0.3 is 5.97 Å². The Morgan fingerprint density at radius 3 is 2.61 bits per heavy atom. The predicted molar refractivity (Wildman–Crippen MR) is 109 cm³/mol. The summed E-state index contributed by atoms with van der Waals surface area (Å²) in [6.07, 6.45) is 9.74. The van der Waals surface area contributed by atoms with E-state index in [2.05, 4.69) is 20.8 Å². The SMILES string of the molecule is C[C@H](CCC(=O)O)[C@H]1CC[C@H]2[C@@H]3[C@H](O)CC4=C[C@@H](O)CC[C@]4(C)[C@H]3CC[C@]12C. The molecule has 0 unspecified atom stereocenters. The highest BCUT2D eigenvalue weighted by molar-refractivity contribution is 5.66. The number of carbonyl (C=O) groups is 1. The first-order valence-corrected chi connectivity index (χ1v) is 11.5. The normalized spacial score (nSPS) is 48.8. The zero-order valence-electron chi connectivity index (χ0n) is 17.7. The Hall–Kier alpha value is -0.870. The van der Waals surface area contributed by atoms with E-state index in [4.69, 9.17) is 5.11 Å². The maximum absolute atomic E-state index is 11.2. The Labute approximate surface area is 169 Å². The maximum atomic E-state index is 11.2. The monoisotopic (exact) mass is 390 g/mol. The Bertz CT molecular complexity index is 657. The van der Waals surface area contributed by atoms with E-state index in [0.717, 1.165) is 32.1 Å². The molecule has 0 aromatic heterocycles. The Morgan fingerprint density at radius 1 is 1.14 bits per heavy atom. The molecule has 3 saturated carbocycles. The van der Waals surface area contributed by atoms with Crippen LogP contribution in [-0.2, 0) is 4.79 Å². The fourth-order valence-corrected chi connectivity index (χ4v) is 8.20. The van der Waals surface area contributed by atoms with Crippen LogP contribution in [-0.4, -0.2) is 33.5 Å². The minimum atomic E-state index is -0.690. The zero-order valence-corrected chi connectivity index (χ0v) is 17.7. The molecule has 4 heteroatoms. The topological polar surface area (TPSA) is 77.8 Å². The summed E-state index contributed by atoms with van der Waals surface area (Å²) in [6, 6.07) is 0. The molecule has 0 amide bonds. The third-order valence-electron chi connectivity index (χ3n) is 9.68. The Balaban J connectivity index is 1.58. The van der Waals surface area contributed by atoms with Gasteiger partial charge in [-0.05, 0) is 91.8 Å². The number of aliphatic hydroxyl groups is 2. The van der Waals surface area contributed by atoms with E-state index in [1.807, 2.05) is 6.08 Å². The molecule has 4 nitrogen and oxygen atoms in total. The van der Waals surface area contributed by atoms with Crippen LogP contribution in [0.4, 0.5) is 0 Å². The second-order valence-corrected chi connectivity index (χ2v) is 10.9. The first-order valence-electron chi connectivity index (χ1n) is 11.5. The standard InChI is InChI=1S/C24H38O4/c1-14(4-7-21(27)28)17-5-6-18-22-19(9-11-24(17,18)3)23(2)10-8-16(25)12-15(23)13-20(22)26/h12,14,16-20,22,25-26H,4-11,13H2,1-3H3,(H,27,28)/t14-,16+,17-,18+,19+,20-,22+,23+,24-/m1/s1. The van der Waals surface area contributed by atoms with E-state index >= 15 is 0 Å². The molecule has 0 aromatic rings. The minimum absolute atomic E-state index is 0.136. The second kappa shape index (κ2) is 7.12. The van der Waals surface area contributed by atoms with Gasteiger partial charge in [-0.2, -0.15) is 0 Å². The molecule has 28 heavy (non-hydrogen) atoms. The van der Waals surface area contributed by atoms with E-state index in [-0.39, 0.29) is 29.5 Å². The lowest BCUT2D eigenvalue weighted by Crippen LogP contribution is -2.55. The molecule has 9 atom stereocenters. The van der Waals surface area contributed by atoms with Gasteiger partial charge in [0.2, 0.25) is 0 Å². The van der Waals surface area contributed by atoms with Crippen LogP contribution in [0.25, 0.3) is 0 Å². The van der Waals surface area contributed by atoms with Crippen molar-refractivity contribution < 1.29 is 20.1 Å². The maximum Gasteiger partial charge on any atom is 0.303 e. The van der Waals surface area contributed by atoms with Crippen molar-refractivity contribution in [3.63, 3.8) is 0 Å². The lowest BCUT2D eigenvalue weighted by atomic mass is 9.45. The zero-order chi connectivity index (χ0) is 20.3. The summed E-state index contributed by atoms with van der Waals surface area (Å²) in [4.78, 5) is 11.0. The van der Waals surface area contributed by atoms with Crippen molar-refractivity contribution in [1.29, 1.82) is 0 Å². The van der Waals surface area contributed by atoms with Crippen LogP contribution in [0.2, 0.25) is 0 Å². The van der Waals surface area contributed by atoms with Gasteiger partial charge in [-0.3, -0.25) is 4.79 Å². The molecular formula is C24H38O4. The molecule has 0 radical (unpaired) electrons. The predicted octanol–water partition coefficient (Wildman–Crippen LogP) is 4.40. The fourth-order valence-electron chi connectivity index (χ4n) is 8.20. The molecule has 0 aliphatic heterocycles. The van der Waals surface area contributed by atoms with E-state index in [1.54, 1.807) is 0 Å². The minimum Gasteiger partial charge on any atom is -0.481 e. The van der Waals surface area contributed by atoms with Crippen molar-refractivity contribution in [1.82, 2.24) is 0 Å². The van der Waals surface area contributed by atoms with Crippen molar-refractivity contribution in [2.75, 3.05) is 0 Å². The highest BCUT2D eigenvalue weighted by atomic mass is 16.4. The molecule has 3 N–H and O–H groups in total. The summed E-state index contributed by atoms with van der Waals surface area (Å²) in [6.45, 7) is 7.07. The highest BCUT2D eigenvalue weighted by Crippen LogP contribution is 2.67. The average molecular weight is 391 g/mol. The molecule has 4 aliphatic carbocycles. The second-order valence-electron chi connectivity index (χ2n) is 10.9. The quantitative estimate of drug-likeness (QED) is 0.622. The van der Waals surface area contributed by atoms with Crippen LogP contribution >= 0.6 is 0 Å². The first kappa shape index (κ1) is 20.4. The van der Waals surface area contributed by atoms with Gasteiger partial charge in [0.1, 0.15) is 0 Å². The van der Waals surface area contributed by atoms with E-state index < -0.39 is 5.97 Å². The van der Waals surface area contributed by atoms with Crippen LogP contribution < -0.4 is 0 Å². The number of aliphatic hydroxyl groups excluding tert-OH is 2. The number of hydrogen-bond donors (Lipinski definition) is 3. The van der Waals surface area contributed by atoms with Gasteiger partial charge in [0.25, 0.3) is 0 Å². The number of carboxylic acid groups (broad SMARTS) is 1. The fraction of sp³-hybridized carbons (Fsp3) is 0.875. The Kier molecular flexibility index (Phi) is 5.19. The summed E-state index contributed by atoms with van der Waals surface area (Å²) in [7, 11) is 0. The largest absolute Gasteiger partial charge is 0.481 e. The van der Waals surface area contributed by atoms with Crippen molar-refractivity contribution >= 4 is 5.97 Å². The molecule has 0 spiro atoms. The molecule has 4 aliphatic rings. The van der Waals surface area contributed by atoms with Gasteiger partial charge in [0.15, 0.2) is 0 Å². The summed E-state index contributed by atoms with van der Waals surface area (Å²) in [5, 5.41) is 30.4. The number of rotatable bonds is 4. The molecular weight excluding hydrogens is 352 g/mol. The lowest BCUT2D eigenvalue weighted by Gasteiger charge is -2.60. The van der Waals surface area contributed by atoms with E-state index in [9.17, 15) is 15.0 Å². The van der Waals surface area contributed by atoms with Crippen molar-refractivity contribution in [3.05, 3.63) is 11.6 Å². The number of fused-ring (bicyclic) bond motifs is 5. The van der Waals surface area contributed by atoms with Crippen molar-refractivity contribution in [2.24, 2.45) is 40.4 Å². The van der Waals surface area contributed by atoms with E-state index in [1.165, 1.54) is 24.8 Å². The van der Waals surface area contributed by atoms with Gasteiger partial charge in [-0.15, -0.1) is 0 Å². The van der Waals surface area contributed by atoms with Gasteiger partial charge in [0, 0.05) is 6.42 Å². The van der Waals surface area contributed by atoms with Crippen molar-refractivity contribution in [3.8, 4) is 0 Å². The highest BCUT2D eigenvalue weighted by Gasteiger charge is 2.61. The van der Waals surface area contributed by atoms with Gasteiger partial charge < -0.3 is 15.3 Å². The van der Waals surface area contributed by atoms with Crippen LogP contribution in [0.15, 0.2) is 11.6 Å². The number of hydrogen-bond acceptors (Lipinski definition) is 3. The number of carboxylic acids is 1. The summed E-state index contributed by atoms with van der Waals surface area (Å²) in [5.74, 6) is 1.73. The van der Waals surface area contributed by atoms with E-state index in [0.29, 0.717) is 29.6 Å².